The number of hydrogen-bond donors (Lipinski definition) is 0. The summed E-state index contributed by atoms with van der Waals surface area (Å²) in [7, 11) is -3.52. The van der Waals surface area contributed by atoms with Crippen molar-refractivity contribution >= 4 is 21.9 Å². The molecule has 1 heterocycles. The molecule has 5 heteroatoms. The molecule has 3 aromatic rings. The minimum absolute atomic E-state index is 0.309. The summed E-state index contributed by atoms with van der Waals surface area (Å²) in [5.41, 5.74) is 7.86. The van der Waals surface area contributed by atoms with Crippen LogP contribution in [0.25, 0.3) is 0 Å². The van der Waals surface area contributed by atoms with Crippen molar-refractivity contribution in [1.82, 2.24) is 4.31 Å². The van der Waals surface area contributed by atoms with Crippen LogP contribution in [0.4, 0.5) is 5.69 Å². The van der Waals surface area contributed by atoms with Gasteiger partial charge in [-0.3, -0.25) is 4.99 Å². The lowest BCUT2D eigenvalue weighted by Crippen LogP contribution is -2.35. The molecule has 0 saturated carbocycles. The number of benzene rings is 3. The van der Waals surface area contributed by atoms with E-state index in [0.717, 1.165) is 23.2 Å². The second-order valence-electron chi connectivity index (χ2n) is 7.83. The molecule has 0 aromatic heterocycles. The number of nitrogens with zero attached hydrogens (tertiary/aromatic N) is 2. The monoisotopic (exact) mass is 418 g/mol. The van der Waals surface area contributed by atoms with E-state index in [1.54, 1.807) is 28.6 Å². The topological polar surface area (TPSA) is 49.7 Å². The normalized spacial score (nSPS) is 14.8. The van der Waals surface area contributed by atoms with Gasteiger partial charge in [-0.05, 0) is 84.8 Å². The average molecular weight is 419 g/mol. The first-order valence-corrected chi connectivity index (χ1v) is 11.6. The number of hydrogen-bond acceptors (Lipinski definition) is 3. The first kappa shape index (κ1) is 20.5. The third-order valence-corrected chi connectivity index (χ3v) is 7.88. The van der Waals surface area contributed by atoms with Gasteiger partial charge in [-0.2, -0.15) is 4.31 Å². The molecule has 0 aliphatic carbocycles. The van der Waals surface area contributed by atoms with Crippen molar-refractivity contribution in [2.45, 2.75) is 38.6 Å². The van der Waals surface area contributed by atoms with Gasteiger partial charge in [0.1, 0.15) is 0 Å². The number of fused-ring (bicyclic) bond motifs is 1. The second-order valence-corrected chi connectivity index (χ2v) is 9.77. The fourth-order valence-electron chi connectivity index (χ4n) is 3.79. The predicted octanol–water partition coefficient (Wildman–Crippen LogP) is 5.11. The van der Waals surface area contributed by atoms with Gasteiger partial charge in [0.05, 0.1) is 10.6 Å². The fraction of sp³-hybridized carbons (Fsp3) is 0.240. The molecule has 0 radical (unpaired) electrons. The Morgan fingerprint density at radius 1 is 0.867 bits per heavy atom. The maximum absolute atomic E-state index is 13.1. The summed E-state index contributed by atoms with van der Waals surface area (Å²) in [6.07, 6.45) is 2.58. The van der Waals surface area contributed by atoms with Gasteiger partial charge in [-0.15, -0.1) is 0 Å². The van der Waals surface area contributed by atoms with Crippen LogP contribution in [-0.2, 0) is 23.0 Å². The maximum atomic E-state index is 13.1. The Bertz CT molecular complexity index is 1210. The maximum Gasteiger partial charge on any atom is 0.243 e. The smallest absolute Gasteiger partial charge is 0.243 e. The molecule has 1 aliphatic rings. The van der Waals surface area contributed by atoms with E-state index in [9.17, 15) is 8.42 Å². The summed E-state index contributed by atoms with van der Waals surface area (Å²) in [5, 5.41) is 0. The van der Waals surface area contributed by atoms with Crippen molar-refractivity contribution in [3.63, 3.8) is 0 Å². The Morgan fingerprint density at radius 3 is 2.30 bits per heavy atom. The number of sulfonamides is 1. The van der Waals surface area contributed by atoms with E-state index in [0.29, 0.717) is 18.0 Å². The lowest BCUT2D eigenvalue weighted by atomic mass is 9.99. The lowest BCUT2D eigenvalue weighted by Gasteiger charge is -2.28. The van der Waals surface area contributed by atoms with E-state index in [2.05, 4.69) is 44.0 Å². The third-order valence-electron chi connectivity index (χ3n) is 6.02. The molecule has 0 fully saturated rings. The summed E-state index contributed by atoms with van der Waals surface area (Å²) in [4.78, 5) is 4.85. The Labute approximate surface area is 179 Å². The predicted molar refractivity (Wildman–Crippen MR) is 122 cm³/mol. The summed E-state index contributed by atoms with van der Waals surface area (Å²) < 4.78 is 27.7. The SMILES string of the molecule is Cc1ccc(C=Nc2ccc(S(=O)(=O)N3CCc4ccccc4C3)cc2)c(C)c1C. The molecule has 0 N–H and O–H groups in total. The first-order valence-electron chi connectivity index (χ1n) is 10.1. The van der Waals surface area contributed by atoms with Crippen molar-refractivity contribution in [2.24, 2.45) is 4.99 Å². The largest absolute Gasteiger partial charge is 0.256 e. The summed E-state index contributed by atoms with van der Waals surface area (Å²) in [6.45, 7) is 7.23. The van der Waals surface area contributed by atoms with Crippen LogP contribution in [0.1, 0.15) is 33.4 Å². The number of aliphatic imine (C=N–C) groups is 1. The Morgan fingerprint density at radius 2 is 1.57 bits per heavy atom. The van der Waals surface area contributed by atoms with Gasteiger partial charge < -0.3 is 0 Å². The summed E-state index contributed by atoms with van der Waals surface area (Å²) in [6, 6.07) is 19.0. The van der Waals surface area contributed by atoms with Crippen molar-refractivity contribution in [1.29, 1.82) is 0 Å². The fourth-order valence-corrected chi connectivity index (χ4v) is 5.21. The highest BCUT2D eigenvalue weighted by Crippen LogP contribution is 2.26. The second kappa shape index (κ2) is 8.17. The van der Waals surface area contributed by atoms with E-state index in [4.69, 9.17) is 0 Å². The highest BCUT2D eigenvalue weighted by Gasteiger charge is 2.28. The molecule has 4 rings (SSSR count). The molecule has 0 amide bonds. The van der Waals surface area contributed by atoms with Crippen LogP contribution in [0.3, 0.4) is 0 Å². The summed E-state index contributed by atoms with van der Waals surface area (Å²) >= 11 is 0. The van der Waals surface area contributed by atoms with Gasteiger partial charge in [-0.1, -0.05) is 36.4 Å². The molecule has 4 nitrogen and oxygen atoms in total. The highest BCUT2D eigenvalue weighted by molar-refractivity contribution is 7.89. The molecule has 154 valence electrons. The van der Waals surface area contributed by atoms with Crippen LogP contribution in [0.2, 0.25) is 0 Å². The van der Waals surface area contributed by atoms with Crippen LogP contribution in [0, 0.1) is 20.8 Å². The molecule has 0 bridgehead atoms. The van der Waals surface area contributed by atoms with Gasteiger partial charge in [0.15, 0.2) is 0 Å². The highest BCUT2D eigenvalue weighted by atomic mass is 32.2. The van der Waals surface area contributed by atoms with E-state index >= 15 is 0 Å². The molecule has 0 spiro atoms. The van der Waals surface area contributed by atoms with Crippen molar-refractivity contribution in [3.8, 4) is 0 Å². The molecule has 0 unspecified atom stereocenters. The molecule has 1 aliphatic heterocycles. The lowest BCUT2D eigenvalue weighted by molar-refractivity contribution is 0.391. The van der Waals surface area contributed by atoms with E-state index < -0.39 is 10.0 Å². The minimum Gasteiger partial charge on any atom is -0.256 e. The molecule has 0 atom stereocenters. The van der Waals surface area contributed by atoms with Crippen LogP contribution >= 0.6 is 0 Å². The Balaban J connectivity index is 1.53. The van der Waals surface area contributed by atoms with Gasteiger partial charge in [0.25, 0.3) is 0 Å². The zero-order valence-corrected chi connectivity index (χ0v) is 18.4. The molecule has 3 aromatic carbocycles. The van der Waals surface area contributed by atoms with E-state index in [1.807, 2.05) is 24.4 Å². The minimum atomic E-state index is -3.52. The molecule has 0 saturated heterocycles. The average Bonchev–Trinajstić information content (AvgIpc) is 2.77. The van der Waals surface area contributed by atoms with Gasteiger partial charge >= 0.3 is 0 Å². The van der Waals surface area contributed by atoms with Crippen LogP contribution in [0.5, 0.6) is 0 Å². The zero-order chi connectivity index (χ0) is 21.3. The van der Waals surface area contributed by atoms with Crippen molar-refractivity contribution in [2.75, 3.05) is 6.54 Å². The van der Waals surface area contributed by atoms with Gasteiger partial charge in [-0.25, -0.2) is 8.42 Å². The van der Waals surface area contributed by atoms with Crippen molar-refractivity contribution in [3.05, 3.63) is 94.0 Å². The number of aryl methyl sites for hydroxylation is 1. The molecular formula is C25H26N2O2S. The summed E-state index contributed by atoms with van der Waals surface area (Å²) in [5.74, 6) is 0. The Kier molecular flexibility index (Phi) is 5.58. The van der Waals surface area contributed by atoms with Crippen molar-refractivity contribution < 1.29 is 8.42 Å². The van der Waals surface area contributed by atoms with Crippen LogP contribution in [-0.4, -0.2) is 25.5 Å². The zero-order valence-electron chi connectivity index (χ0n) is 17.6. The first-order chi connectivity index (χ1) is 14.4. The molecular weight excluding hydrogens is 392 g/mol. The number of rotatable bonds is 4. The van der Waals surface area contributed by atoms with Crippen LogP contribution in [0.15, 0.2) is 70.6 Å². The van der Waals surface area contributed by atoms with Gasteiger partial charge in [0, 0.05) is 19.3 Å². The Hall–Kier alpha value is -2.76. The quantitative estimate of drug-likeness (QED) is 0.553. The standard InChI is InChI=1S/C25H26N2O2S/c1-18-8-9-22(20(3)19(18)2)16-26-24-10-12-25(13-11-24)30(28,29)27-15-14-21-6-4-5-7-23(21)17-27/h4-13,16H,14-15,17H2,1-3H3. The third kappa shape index (κ3) is 3.95. The van der Waals surface area contributed by atoms with Gasteiger partial charge in [0.2, 0.25) is 10.0 Å². The molecule has 30 heavy (non-hydrogen) atoms. The van der Waals surface area contributed by atoms with Crippen LogP contribution < -0.4 is 0 Å². The van der Waals surface area contributed by atoms with E-state index in [1.165, 1.54) is 22.3 Å². The van der Waals surface area contributed by atoms with E-state index in [-0.39, 0.29) is 0 Å².